The van der Waals surface area contributed by atoms with Crippen molar-refractivity contribution in [2.24, 2.45) is 0 Å². The average Bonchev–Trinajstić information content (AvgIpc) is 2.75. The lowest BCUT2D eigenvalue weighted by molar-refractivity contribution is -0.00572. The maximum absolute atomic E-state index is 14.5. The summed E-state index contributed by atoms with van der Waals surface area (Å²) in [7, 11) is 0. The van der Waals surface area contributed by atoms with Crippen LogP contribution in [0.25, 0.3) is 11.1 Å². The molecule has 0 spiro atoms. The number of ether oxygens (including phenoxy) is 1. The van der Waals surface area contributed by atoms with E-state index >= 15 is 0 Å². The number of aromatic nitrogens is 4. The van der Waals surface area contributed by atoms with Crippen molar-refractivity contribution in [2.45, 2.75) is 45.8 Å². The molecule has 33 heavy (non-hydrogen) atoms. The van der Waals surface area contributed by atoms with Crippen LogP contribution in [-0.2, 0) is 10.7 Å². The molecule has 2 atom stereocenters. The van der Waals surface area contributed by atoms with E-state index in [1.165, 1.54) is 12.1 Å². The summed E-state index contributed by atoms with van der Waals surface area (Å²) in [5.41, 5.74) is 1.91. The molecule has 1 aliphatic heterocycles. The Balaban J connectivity index is 1.60. The van der Waals surface area contributed by atoms with Gasteiger partial charge in [0.2, 0.25) is 5.95 Å². The molecule has 1 N–H and O–H groups in total. The fourth-order valence-electron chi connectivity index (χ4n) is 3.81. The quantitative estimate of drug-likeness (QED) is 0.586. The topological polar surface area (TPSA) is 76.1 Å². The zero-order valence-electron chi connectivity index (χ0n) is 18.8. The summed E-state index contributed by atoms with van der Waals surface area (Å²) >= 11 is 0. The van der Waals surface area contributed by atoms with Crippen molar-refractivity contribution in [3.63, 3.8) is 0 Å². The van der Waals surface area contributed by atoms with Gasteiger partial charge in [-0.3, -0.25) is 0 Å². The van der Waals surface area contributed by atoms with Gasteiger partial charge in [-0.25, -0.2) is 18.2 Å². The Morgan fingerprint density at radius 2 is 1.76 bits per heavy atom. The van der Waals surface area contributed by atoms with Gasteiger partial charge < -0.3 is 15.0 Å². The zero-order chi connectivity index (χ0) is 23.8. The molecule has 0 radical (unpaired) electrons. The monoisotopic (exact) mass is 458 g/mol. The van der Waals surface area contributed by atoms with E-state index in [9.17, 15) is 13.2 Å². The Kier molecular flexibility index (Phi) is 6.20. The van der Waals surface area contributed by atoms with Gasteiger partial charge in [-0.15, -0.1) is 5.10 Å². The summed E-state index contributed by atoms with van der Waals surface area (Å²) in [5.74, 6) is -2.93. The van der Waals surface area contributed by atoms with E-state index in [-0.39, 0.29) is 29.4 Å². The van der Waals surface area contributed by atoms with Crippen molar-refractivity contribution in [1.82, 2.24) is 20.2 Å². The van der Waals surface area contributed by atoms with Crippen LogP contribution >= 0.6 is 0 Å². The minimum Gasteiger partial charge on any atom is -0.372 e. The van der Waals surface area contributed by atoms with Gasteiger partial charge in [-0.1, -0.05) is 24.3 Å². The molecule has 2 aromatic heterocycles. The van der Waals surface area contributed by atoms with E-state index in [1.807, 2.05) is 18.7 Å². The Morgan fingerprint density at radius 3 is 2.39 bits per heavy atom. The first kappa shape index (κ1) is 22.9. The van der Waals surface area contributed by atoms with Crippen molar-refractivity contribution >= 4 is 17.6 Å². The highest BCUT2D eigenvalue weighted by molar-refractivity contribution is 5.70. The molecule has 7 nitrogen and oxygen atoms in total. The number of benzene rings is 1. The van der Waals surface area contributed by atoms with Crippen LogP contribution in [0.3, 0.4) is 0 Å². The zero-order valence-corrected chi connectivity index (χ0v) is 18.8. The number of hydrogen-bond acceptors (Lipinski definition) is 7. The first-order chi connectivity index (χ1) is 15.6. The Morgan fingerprint density at radius 1 is 1.09 bits per heavy atom. The molecule has 0 amide bonds. The van der Waals surface area contributed by atoms with Crippen LogP contribution < -0.4 is 10.2 Å². The minimum atomic E-state index is -2.92. The van der Waals surface area contributed by atoms with Crippen LogP contribution in [0.15, 0.2) is 36.5 Å². The maximum atomic E-state index is 14.5. The summed E-state index contributed by atoms with van der Waals surface area (Å²) in [4.78, 5) is 10.4. The van der Waals surface area contributed by atoms with Crippen LogP contribution in [0.1, 0.15) is 32.0 Å². The number of rotatable bonds is 5. The summed E-state index contributed by atoms with van der Waals surface area (Å²) < 4.78 is 47.3. The third-order valence-electron chi connectivity index (χ3n) is 5.36. The number of nitrogens with zero attached hydrogens (tertiary/aromatic N) is 5. The molecule has 10 heteroatoms. The van der Waals surface area contributed by atoms with E-state index in [2.05, 4.69) is 25.5 Å². The van der Waals surface area contributed by atoms with Gasteiger partial charge in [0.25, 0.3) is 5.92 Å². The summed E-state index contributed by atoms with van der Waals surface area (Å²) in [6.07, 6.45) is 1.12. The van der Waals surface area contributed by atoms with Crippen LogP contribution in [-0.4, -0.2) is 45.5 Å². The van der Waals surface area contributed by atoms with Gasteiger partial charge in [0.05, 0.1) is 24.1 Å². The van der Waals surface area contributed by atoms with Crippen LogP contribution in [0.4, 0.5) is 30.8 Å². The maximum Gasteiger partial charge on any atom is 0.270 e. The lowest BCUT2D eigenvalue weighted by Gasteiger charge is -2.35. The molecule has 1 aromatic carbocycles. The number of nitrogens with one attached hydrogen (secondary N) is 1. The number of aryl methyl sites for hydroxylation is 1. The molecular weight excluding hydrogens is 433 g/mol. The van der Waals surface area contributed by atoms with E-state index in [0.29, 0.717) is 35.9 Å². The highest BCUT2D eigenvalue weighted by Gasteiger charge is 2.25. The SMILES string of the molecule is Cc1nnc(Nc2nc(N3C[C@@H](C)O[C@@H](C)C3)ncc2F)cc1-c1ccc(C(C)(F)F)cc1. The fourth-order valence-corrected chi connectivity index (χ4v) is 3.81. The van der Waals surface area contributed by atoms with Gasteiger partial charge >= 0.3 is 0 Å². The number of morpholine rings is 1. The molecule has 1 fully saturated rings. The molecule has 4 rings (SSSR count). The third-order valence-corrected chi connectivity index (χ3v) is 5.36. The van der Waals surface area contributed by atoms with Crippen molar-refractivity contribution < 1.29 is 17.9 Å². The van der Waals surface area contributed by atoms with Gasteiger partial charge in [-0.05, 0) is 32.4 Å². The van der Waals surface area contributed by atoms with E-state index in [0.717, 1.165) is 13.1 Å². The second kappa shape index (κ2) is 8.93. The van der Waals surface area contributed by atoms with Gasteiger partial charge in [0.15, 0.2) is 17.5 Å². The van der Waals surface area contributed by atoms with Crippen LogP contribution in [0.2, 0.25) is 0 Å². The summed E-state index contributed by atoms with van der Waals surface area (Å²) in [6.45, 7) is 7.73. The van der Waals surface area contributed by atoms with Crippen molar-refractivity contribution in [3.8, 4) is 11.1 Å². The standard InChI is InChI=1S/C23H25F3N6O/c1-13-11-32(12-14(2)33-13)22-27-10-19(24)21(29-22)28-20-9-18(15(3)30-31-20)16-5-7-17(8-6-16)23(4,25)26/h5-10,13-14H,11-12H2,1-4H3,(H,27,28,29,31)/t13-,14+. The molecule has 0 aliphatic carbocycles. The van der Waals surface area contributed by atoms with Crippen molar-refractivity contribution in [1.29, 1.82) is 0 Å². The van der Waals surface area contributed by atoms with Crippen LogP contribution in [0, 0.1) is 12.7 Å². The molecule has 1 saturated heterocycles. The predicted molar refractivity (Wildman–Crippen MR) is 119 cm³/mol. The van der Waals surface area contributed by atoms with E-state index in [1.54, 1.807) is 25.1 Å². The van der Waals surface area contributed by atoms with Gasteiger partial charge in [0.1, 0.15) is 0 Å². The number of halogens is 3. The first-order valence-electron chi connectivity index (χ1n) is 10.6. The summed E-state index contributed by atoms with van der Waals surface area (Å²) in [5, 5.41) is 11.1. The molecule has 0 bridgehead atoms. The van der Waals surface area contributed by atoms with Gasteiger partial charge in [-0.2, -0.15) is 10.1 Å². The Bertz CT molecular complexity index is 1130. The minimum absolute atomic E-state index is 0.00313. The predicted octanol–water partition coefficient (Wildman–Crippen LogP) is 4.85. The molecular formula is C23H25F3N6O. The number of alkyl halides is 2. The second-order valence-corrected chi connectivity index (χ2v) is 8.35. The van der Waals surface area contributed by atoms with E-state index < -0.39 is 11.7 Å². The fraction of sp³-hybridized carbons (Fsp3) is 0.391. The number of anilines is 3. The lowest BCUT2D eigenvalue weighted by atomic mass is 10.0. The molecule has 0 unspecified atom stereocenters. The summed E-state index contributed by atoms with van der Waals surface area (Å²) in [6, 6.07) is 7.64. The lowest BCUT2D eigenvalue weighted by Crippen LogP contribution is -2.46. The van der Waals surface area contributed by atoms with E-state index in [4.69, 9.17) is 4.74 Å². The van der Waals surface area contributed by atoms with Crippen molar-refractivity contribution in [2.75, 3.05) is 23.3 Å². The van der Waals surface area contributed by atoms with Gasteiger partial charge in [0, 0.05) is 31.1 Å². The highest BCUT2D eigenvalue weighted by Crippen LogP contribution is 2.31. The average molecular weight is 458 g/mol. The smallest absolute Gasteiger partial charge is 0.270 e. The highest BCUT2D eigenvalue weighted by atomic mass is 19.3. The molecule has 1 aliphatic rings. The Labute approximate surface area is 190 Å². The second-order valence-electron chi connectivity index (χ2n) is 8.35. The molecule has 3 heterocycles. The number of hydrogen-bond donors (Lipinski definition) is 1. The third kappa shape index (κ3) is 5.22. The molecule has 174 valence electrons. The first-order valence-corrected chi connectivity index (χ1v) is 10.6. The normalized spacial score (nSPS) is 18.9. The van der Waals surface area contributed by atoms with Crippen LogP contribution in [0.5, 0.6) is 0 Å². The molecule has 3 aromatic rings. The molecule has 0 saturated carbocycles. The Hall–Kier alpha value is -3.27. The largest absolute Gasteiger partial charge is 0.372 e. The van der Waals surface area contributed by atoms with Crippen molar-refractivity contribution in [3.05, 3.63) is 53.6 Å².